The molecule has 7 heterocycles. The predicted molar refractivity (Wildman–Crippen MR) is 253 cm³/mol. The molecular formula is C54H26N4O4S. The molecule has 0 aliphatic carbocycles. The summed E-state index contributed by atoms with van der Waals surface area (Å²) in [4.78, 5) is 20.3. The van der Waals surface area contributed by atoms with Gasteiger partial charge in [-0.15, -0.1) is 11.3 Å². The van der Waals surface area contributed by atoms with Crippen molar-refractivity contribution >= 4 is 119 Å². The largest absolute Gasteiger partial charge is 0.456 e. The molecule has 7 aromatic heterocycles. The first-order valence-electron chi connectivity index (χ1n) is 20.7. The Morgan fingerprint density at radius 3 is 1.70 bits per heavy atom. The highest BCUT2D eigenvalue weighted by Crippen LogP contribution is 2.52. The van der Waals surface area contributed by atoms with Crippen molar-refractivity contribution in [3.63, 3.8) is 0 Å². The average Bonchev–Trinajstić information content (AvgIpc) is 4.08. The summed E-state index contributed by atoms with van der Waals surface area (Å²) in [5, 5.41) is 10.5. The number of hydrogen-bond donors (Lipinski definition) is 0. The Balaban J connectivity index is 1.06. The predicted octanol–water partition coefficient (Wildman–Crippen LogP) is 15.3. The number of furan rings is 4. The van der Waals surface area contributed by atoms with Gasteiger partial charge < -0.3 is 17.7 Å². The van der Waals surface area contributed by atoms with E-state index in [4.69, 9.17) is 32.6 Å². The Kier molecular flexibility index (Phi) is 6.41. The van der Waals surface area contributed by atoms with Crippen molar-refractivity contribution in [1.82, 2.24) is 19.9 Å². The first kappa shape index (κ1) is 33.3. The standard InChI is InChI=1S/C54H26N4O4S/c1-2-10-31-27(8-1)22-43-47-45-44(61-43)25-37(30-9-7-21-55-26-30)49-48(45)46-40(62-49)20-19-36(51(46)63-50(31)47)54-57-52(28-15-17-34-32-11-3-5-13-38(32)59-41(34)23-28)56-53(58-54)29-16-18-35-33-12-4-6-14-39(33)60-42(35)24-29/h1-26H. The topological polar surface area (TPSA) is 104 Å². The van der Waals surface area contributed by atoms with Crippen LogP contribution in [0.25, 0.3) is 153 Å². The van der Waals surface area contributed by atoms with Crippen LogP contribution in [0.1, 0.15) is 0 Å². The molecule has 292 valence electrons. The highest BCUT2D eigenvalue weighted by atomic mass is 32.1. The van der Waals surface area contributed by atoms with Crippen LogP contribution in [0, 0.1) is 0 Å². The Hall–Kier alpha value is -8.40. The van der Waals surface area contributed by atoms with Gasteiger partial charge >= 0.3 is 0 Å². The molecule has 9 heteroatoms. The molecule has 0 amide bonds. The molecule has 0 bridgehead atoms. The van der Waals surface area contributed by atoms with E-state index in [0.29, 0.717) is 17.5 Å². The van der Waals surface area contributed by atoms with Crippen LogP contribution in [-0.2, 0) is 0 Å². The number of hydrogen-bond acceptors (Lipinski definition) is 9. The number of benzene rings is 8. The van der Waals surface area contributed by atoms with Gasteiger partial charge in [0.15, 0.2) is 17.5 Å². The third-order valence-corrected chi connectivity index (χ3v) is 13.8. The van der Waals surface area contributed by atoms with Crippen molar-refractivity contribution < 1.29 is 17.7 Å². The average molecular weight is 827 g/mol. The van der Waals surface area contributed by atoms with Crippen LogP contribution in [0.4, 0.5) is 0 Å². The Morgan fingerprint density at radius 1 is 0.365 bits per heavy atom. The molecule has 8 aromatic carbocycles. The van der Waals surface area contributed by atoms with Gasteiger partial charge in [-0.3, -0.25) is 4.98 Å². The highest BCUT2D eigenvalue weighted by Gasteiger charge is 2.27. The minimum Gasteiger partial charge on any atom is -0.456 e. The monoisotopic (exact) mass is 826 g/mol. The summed E-state index contributed by atoms with van der Waals surface area (Å²) in [5.41, 5.74) is 10.7. The second-order valence-corrected chi connectivity index (χ2v) is 17.1. The fourth-order valence-electron chi connectivity index (χ4n) is 9.75. The molecular weight excluding hydrogens is 801 g/mol. The van der Waals surface area contributed by atoms with Crippen molar-refractivity contribution in [3.05, 3.63) is 158 Å². The van der Waals surface area contributed by atoms with E-state index >= 15 is 0 Å². The fourth-order valence-corrected chi connectivity index (χ4v) is 11.1. The van der Waals surface area contributed by atoms with E-state index < -0.39 is 0 Å². The van der Waals surface area contributed by atoms with Gasteiger partial charge in [0.05, 0.1) is 4.70 Å². The van der Waals surface area contributed by atoms with Gasteiger partial charge in [0, 0.05) is 88.0 Å². The zero-order valence-corrected chi connectivity index (χ0v) is 33.7. The first-order chi connectivity index (χ1) is 31.2. The van der Waals surface area contributed by atoms with Crippen LogP contribution in [0.15, 0.2) is 176 Å². The highest BCUT2D eigenvalue weighted by molar-refractivity contribution is 7.26. The van der Waals surface area contributed by atoms with Gasteiger partial charge in [0.2, 0.25) is 0 Å². The molecule has 0 spiro atoms. The van der Waals surface area contributed by atoms with Crippen LogP contribution in [0.5, 0.6) is 0 Å². The van der Waals surface area contributed by atoms with E-state index in [1.165, 1.54) is 0 Å². The molecule has 0 saturated carbocycles. The molecule has 0 aliphatic heterocycles. The molecule has 0 atom stereocenters. The minimum atomic E-state index is 0.523. The van der Waals surface area contributed by atoms with Crippen molar-refractivity contribution in [2.75, 3.05) is 0 Å². The van der Waals surface area contributed by atoms with E-state index in [1.54, 1.807) is 17.5 Å². The summed E-state index contributed by atoms with van der Waals surface area (Å²) in [5.74, 6) is 1.58. The maximum Gasteiger partial charge on any atom is 0.165 e. The third kappa shape index (κ3) is 4.63. The smallest absolute Gasteiger partial charge is 0.165 e. The Labute approximate surface area is 358 Å². The second-order valence-electron chi connectivity index (χ2n) is 16.1. The van der Waals surface area contributed by atoms with Crippen LogP contribution in [0.3, 0.4) is 0 Å². The normalized spacial score (nSPS) is 12.4. The lowest BCUT2D eigenvalue weighted by atomic mass is 9.97. The first-order valence-corrected chi connectivity index (χ1v) is 21.5. The number of rotatable bonds is 4. The maximum atomic E-state index is 6.91. The number of para-hydroxylation sites is 2. The summed E-state index contributed by atoms with van der Waals surface area (Å²) in [7, 11) is 0. The van der Waals surface area contributed by atoms with E-state index in [0.717, 1.165) is 136 Å². The summed E-state index contributed by atoms with van der Waals surface area (Å²) >= 11 is 1.72. The number of pyridine rings is 1. The summed E-state index contributed by atoms with van der Waals surface area (Å²) in [6.07, 6.45) is 3.66. The summed E-state index contributed by atoms with van der Waals surface area (Å²) in [6.45, 7) is 0. The minimum absolute atomic E-state index is 0.523. The van der Waals surface area contributed by atoms with Crippen molar-refractivity contribution in [2.24, 2.45) is 0 Å². The maximum absolute atomic E-state index is 6.91. The molecule has 0 unspecified atom stereocenters. The molecule has 0 saturated heterocycles. The zero-order valence-electron chi connectivity index (χ0n) is 32.8. The quantitative estimate of drug-likeness (QED) is 0.173. The molecule has 8 nitrogen and oxygen atoms in total. The lowest BCUT2D eigenvalue weighted by Crippen LogP contribution is -2.00. The van der Waals surface area contributed by atoms with E-state index in [1.807, 2.05) is 66.9 Å². The van der Waals surface area contributed by atoms with Gasteiger partial charge in [0.25, 0.3) is 0 Å². The van der Waals surface area contributed by atoms with Gasteiger partial charge in [-0.05, 0) is 77.5 Å². The number of fused-ring (bicyclic) bond motifs is 8. The molecule has 15 aromatic rings. The number of aromatic nitrogens is 4. The lowest BCUT2D eigenvalue weighted by molar-refractivity contribution is 0.664. The second kappa shape index (κ2) is 12.1. The molecule has 0 fully saturated rings. The van der Waals surface area contributed by atoms with Crippen LogP contribution < -0.4 is 0 Å². The van der Waals surface area contributed by atoms with E-state index in [9.17, 15) is 0 Å². The summed E-state index contributed by atoms with van der Waals surface area (Å²) < 4.78 is 28.5. The van der Waals surface area contributed by atoms with Crippen molar-refractivity contribution in [3.8, 4) is 45.3 Å². The van der Waals surface area contributed by atoms with Crippen molar-refractivity contribution in [1.29, 1.82) is 0 Å². The summed E-state index contributed by atoms with van der Waals surface area (Å²) in [6, 6.07) is 49.5. The lowest BCUT2D eigenvalue weighted by Gasteiger charge is -2.10. The van der Waals surface area contributed by atoms with E-state index in [-0.39, 0.29) is 0 Å². The SMILES string of the molecule is c1cncc(-c2cc3oc4cc5ccccc5c5sc6c(-c7nc(-c8ccc9c(c8)oc8ccccc89)nc(-c8ccc9c(c8)oc8ccccc89)n7)ccc7oc2c(c76)c3c45)c1. The van der Waals surface area contributed by atoms with Crippen LogP contribution in [-0.4, -0.2) is 19.9 Å². The molecule has 0 N–H and O–H groups in total. The van der Waals surface area contributed by atoms with Gasteiger partial charge in [-0.2, -0.15) is 0 Å². The molecule has 0 aliphatic rings. The molecule has 0 radical (unpaired) electrons. The van der Waals surface area contributed by atoms with Gasteiger partial charge in [-0.1, -0.05) is 78.9 Å². The van der Waals surface area contributed by atoms with Crippen molar-refractivity contribution in [2.45, 2.75) is 0 Å². The number of nitrogens with zero attached hydrogens (tertiary/aromatic N) is 4. The zero-order chi connectivity index (χ0) is 40.9. The van der Waals surface area contributed by atoms with Crippen LogP contribution >= 0.6 is 11.3 Å². The van der Waals surface area contributed by atoms with Gasteiger partial charge in [0.1, 0.15) is 44.7 Å². The van der Waals surface area contributed by atoms with Gasteiger partial charge in [-0.25, -0.2) is 15.0 Å². The Bertz CT molecular complexity index is 4270. The molecule has 15 rings (SSSR count). The fraction of sp³-hybridized carbons (Fsp3) is 0. The third-order valence-electron chi connectivity index (χ3n) is 12.6. The van der Waals surface area contributed by atoms with Crippen LogP contribution in [0.2, 0.25) is 0 Å². The molecule has 63 heavy (non-hydrogen) atoms. The Morgan fingerprint density at radius 2 is 0.984 bits per heavy atom. The van der Waals surface area contributed by atoms with E-state index in [2.05, 4.69) is 89.9 Å².